The zero-order valence-corrected chi connectivity index (χ0v) is 18.1. The van der Waals surface area contributed by atoms with Crippen molar-refractivity contribution in [2.24, 2.45) is 0 Å². The molecule has 0 aliphatic carbocycles. The molecule has 0 aliphatic rings. The lowest BCUT2D eigenvalue weighted by Crippen LogP contribution is -2.40. The molecule has 2 N–H and O–H groups in total. The smallest absolute Gasteiger partial charge is 0.344 e. The Morgan fingerprint density at radius 1 is 0.968 bits per heavy atom. The van der Waals surface area contributed by atoms with Crippen LogP contribution in [0.2, 0.25) is 0 Å². The van der Waals surface area contributed by atoms with Gasteiger partial charge >= 0.3 is 12.0 Å². The minimum atomic E-state index is -3.72. The number of hydrogen-bond donors (Lipinski definition) is 2. The molecule has 0 heterocycles. The lowest BCUT2D eigenvalue weighted by atomic mass is 10.2. The van der Waals surface area contributed by atoms with Gasteiger partial charge in [0, 0.05) is 14.1 Å². The van der Waals surface area contributed by atoms with Gasteiger partial charge in [-0.1, -0.05) is 17.7 Å². The second kappa shape index (κ2) is 10.4. The molecule has 0 atom stereocenters. The molecular formula is C20H23N3O7S. The molecule has 0 saturated heterocycles. The highest BCUT2D eigenvalue weighted by Crippen LogP contribution is 2.24. The predicted molar refractivity (Wildman–Crippen MR) is 112 cm³/mol. The number of ether oxygens (including phenoxy) is 2. The van der Waals surface area contributed by atoms with Crippen LogP contribution in [0.15, 0.2) is 53.4 Å². The maximum Gasteiger partial charge on any atom is 0.344 e. The number of carbonyl (C=O) groups is 3. The van der Waals surface area contributed by atoms with E-state index in [0.29, 0.717) is 11.4 Å². The maximum atomic E-state index is 12.7. The summed E-state index contributed by atoms with van der Waals surface area (Å²) in [5.74, 6) is -1.29. The highest BCUT2D eigenvalue weighted by Gasteiger charge is 2.21. The highest BCUT2D eigenvalue weighted by atomic mass is 32.2. The highest BCUT2D eigenvalue weighted by molar-refractivity contribution is 7.92. The van der Waals surface area contributed by atoms with Gasteiger partial charge in [0.25, 0.3) is 15.9 Å². The number of aryl methyl sites for hydroxylation is 1. The monoisotopic (exact) mass is 449 g/mol. The summed E-state index contributed by atoms with van der Waals surface area (Å²) < 4.78 is 36.6. The minimum absolute atomic E-state index is 0.170. The van der Waals surface area contributed by atoms with Gasteiger partial charge in [-0.25, -0.2) is 18.0 Å². The van der Waals surface area contributed by atoms with Gasteiger partial charge in [0.2, 0.25) is 0 Å². The fourth-order valence-corrected chi connectivity index (χ4v) is 3.51. The number of esters is 1. The first-order valence-electron chi connectivity index (χ1n) is 9.09. The first-order chi connectivity index (χ1) is 14.6. The lowest BCUT2D eigenvalue weighted by molar-refractivity contribution is -0.150. The van der Waals surface area contributed by atoms with E-state index in [1.165, 1.54) is 38.4 Å². The van der Waals surface area contributed by atoms with Crippen molar-refractivity contribution in [3.63, 3.8) is 0 Å². The third-order valence-electron chi connectivity index (χ3n) is 4.08. The average molecular weight is 449 g/mol. The van der Waals surface area contributed by atoms with Crippen molar-refractivity contribution in [3.8, 4) is 5.75 Å². The van der Waals surface area contributed by atoms with Crippen LogP contribution < -0.4 is 19.7 Å². The Morgan fingerprint density at radius 2 is 1.58 bits per heavy atom. The average Bonchev–Trinajstić information content (AvgIpc) is 2.76. The first-order valence-corrected chi connectivity index (χ1v) is 10.5. The van der Waals surface area contributed by atoms with Crippen molar-refractivity contribution in [1.29, 1.82) is 0 Å². The summed E-state index contributed by atoms with van der Waals surface area (Å²) in [6, 6.07) is 11.9. The number of hydrogen-bond acceptors (Lipinski definition) is 7. The van der Waals surface area contributed by atoms with E-state index < -0.39 is 41.1 Å². The predicted octanol–water partition coefficient (Wildman–Crippen LogP) is 1.20. The Kier molecular flexibility index (Phi) is 7.97. The van der Waals surface area contributed by atoms with Crippen LogP contribution in [-0.4, -0.2) is 53.6 Å². The molecule has 2 rings (SSSR count). The number of amides is 3. The molecule has 0 bridgehead atoms. The van der Waals surface area contributed by atoms with Crippen molar-refractivity contribution >= 4 is 33.6 Å². The molecule has 166 valence electrons. The number of sulfonamides is 1. The molecule has 0 fully saturated rings. The number of benzene rings is 2. The van der Waals surface area contributed by atoms with Crippen molar-refractivity contribution in [1.82, 2.24) is 10.6 Å². The number of carbonyl (C=O) groups excluding carboxylic acids is 3. The third kappa shape index (κ3) is 6.71. The molecule has 11 heteroatoms. The zero-order valence-electron chi connectivity index (χ0n) is 17.2. The van der Waals surface area contributed by atoms with E-state index >= 15 is 0 Å². The molecule has 2 aromatic carbocycles. The standard InChI is InChI=1S/C20H23N3O7S/c1-14-4-10-17(11-5-14)31(27,28)23(3)15-6-8-16(9-7-15)29-13-19(25)30-12-18(24)22-20(26)21-2/h4-11H,12-13H2,1-3H3,(H2,21,22,24,26). The number of nitrogens with one attached hydrogen (secondary N) is 2. The van der Waals surface area contributed by atoms with Crippen LogP contribution in [-0.2, 0) is 24.3 Å². The maximum absolute atomic E-state index is 12.7. The Morgan fingerprint density at radius 3 is 2.16 bits per heavy atom. The summed E-state index contributed by atoms with van der Waals surface area (Å²) in [6.45, 7) is 0.772. The van der Waals surface area contributed by atoms with Gasteiger partial charge in [-0.05, 0) is 43.3 Å². The zero-order chi connectivity index (χ0) is 23.0. The molecule has 0 unspecified atom stereocenters. The van der Waals surface area contributed by atoms with Gasteiger partial charge in [0.1, 0.15) is 5.75 Å². The summed E-state index contributed by atoms with van der Waals surface area (Å²) in [6.07, 6.45) is 0. The fraction of sp³-hybridized carbons (Fsp3) is 0.250. The van der Waals surface area contributed by atoms with E-state index in [-0.39, 0.29) is 4.90 Å². The lowest BCUT2D eigenvalue weighted by Gasteiger charge is -2.20. The van der Waals surface area contributed by atoms with Gasteiger partial charge in [0.05, 0.1) is 10.6 Å². The van der Waals surface area contributed by atoms with Gasteiger partial charge in [-0.3, -0.25) is 14.4 Å². The summed E-state index contributed by atoms with van der Waals surface area (Å²) in [5, 5.41) is 4.13. The number of urea groups is 1. The van der Waals surface area contributed by atoms with Crippen LogP contribution in [0, 0.1) is 6.92 Å². The van der Waals surface area contributed by atoms with Crippen molar-refractivity contribution in [2.75, 3.05) is 31.6 Å². The van der Waals surface area contributed by atoms with Crippen LogP contribution in [0.3, 0.4) is 0 Å². The summed E-state index contributed by atoms with van der Waals surface area (Å²) >= 11 is 0. The van der Waals surface area contributed by atoms with Crippen molar-refractivity contribution in [2.45, 2.75) is 11.8 Å². The van der Waals surface area contributed by atoms with E-state index in [1.54, 1.807) is 24.3 Å². The first kappa shape index (κ1) is 23.7. The van der Waals surface area contributed by atoms with Crippen molar-refractivity contribution in [3.05, 3.63) is 54.1 Å². The molecule has 0 aliphatic heterocycles. The number of anilines is 1. The molecule has 3 amide bonds. The summed E-state index contributed by atoms with van der Waals surface area (Å²) in [5.41, 5.74) is 1.36. The summed E-state index contributed by atoms with van der Waals surface area (Å²) in [7, 11) is -0.948. The van der Waals surface area contributed by atoms with E-state index in [2.05, 4.69) is 5.32 Å². The van der Waals surface area contributed by atoms with E-state index in [0.717, 1.165) is 9.87 Å². The third-order valence-corrected chi connectivity index (χ3v) is 5.88. The Hall–Kier alpha value is -3.60. The summed E-state index contributed by atoms with van der Waals surface area (Å²) in [4.78, 5) is 34.1. The topological polar surface area (TPSA) is 131 Å². The molecule has 10 nitrogen and oxygen atoms in total. The SMILES string of the molecule is CNC(=O)NC(=O)COC(=O)COc1ccc(N(C)S(=O)(=O)c2ccc(C)cc2)cc1. The van der Waals surface area contributed by atoms with Crippen LogP contribution in [0.5, 0.6) is 5.75 Å². The second-order valence-corrected chi connectivity index (χ2v) is 8.33. The van der Waals surface area contributed by atoms with Gasteiger partial charge in [-0.15, -0.1) is 0 Å². The Bertz CT molecular complexity index is 1040. The fourth-order valence-electron chi connectivity index (χ4n) is 2.31. The minimum Gasteiger partial charge on any atom is -0.482 e. The van der Waals surface area contributed by atoms with Crippen LogP contribution in [0.4, 0.5) is 10.5 Å². The molecule has 0 radical (unpaired) electrons. The second-order valence-electron chi connectivity index (χ2n) is 6.36. The van der Waals surface area contributed by atoms with E-state index in [9.17, 15) is 22.8 Å². The molecule has 31 heavy (non-hydrogen) atoms. The number of rotatable bonds is 8. The van der Waals surface area contributed by atoms with Crippen LogP contribution >= 0.6 is 0 Å². The van der Waals surface area contributed by atoms with Gasteiger partial charge in [0.15, 0.2) is 13.2 Å². The quantitative estimate of drug-likeness (QED) is 0.579. The Balaban J connectivity index is 1.90. The van der Waals surface area contributed by atoms with Gasteiger partial charge < -0.3 is 14.8 Å². The van der Waals surface area contributed by atoms with Crippen molar-refractivity contribution < 1.29 is 32.3 Å². The normalized spacial score (nSPS) is 10.7. The van der Waals surface area contributed by atoms with Crippen LogP contribution in [0.1, 0.15) is 5.56 Å². The molecule has 0 spiro atoms. The van der Waals surface area contributed by atoms with Crippen LogP contribution in [0.25, 0.3) is 0 Å². The Labute approximate surface area is 180 Å². The largest absolute Gasteiger partial charge is 0.482 e. The number of imide groups is 1. The van der Waals surface area contributed by atoms with E-state index in [4.69, 9.17) is 9.47 Å². The number of nitrogens with zero attached hydrogens (tertiary/aromatic N) is 1. The molecule has 0 aromatic heterocycles. The van der Waals surface area contributed by atoms with E-state index in [1.807, 2.05) is 12.2 Å². The van der Waals surface area contributed by atoms with Gasteiger partial charge in [-0.2, -0.15) is 0 Å². The molecule has 2 aromatic rings. The molecular weight excluding hydrogens is 426 g/mol. The molecule has 0 saturated carbocycles.